The molecule has 2 rings (SSSR count). The smallest absolute Gasteiger partial charge is 0.396 e. The molecule has 0 amide bonds. The summed E-state index contributed by atoms with van der Waals surface area (Å²) >= 11 is 0.658. The first-order chi connectivity index (χ1) is 6.59. The summed E-state index contributed by atoms with van der Waals surface area (Å²) in [6, 6.07) is 2.54. The summed E-state index contributed by atoms with van der Waals surface area (Å²) in [4.78, 5) is 21.0. The van der Waals surface area contributed by atoms with Crippen LogP contribution in [0.3, 0.4) is 0 Å². The molecule has 0 aliphatic heterocycles. The van der Waals surface area contributed by atoms with Gasteiger partial charge >= 0.3 is 10.9 Å². The average molecular weight is 212 g/mol. The van der Waals surface area contributed by atoms with Crippen molar-refractivity contribution in [3.05, 3.63) is 27.4 Å². The van der Waals surface area contributed by atoms with Gasteiger partial charge in [0.05, 0.1) is 4.70 Å². The Labute approximate surface area is 80.8 Å². The SMILES string of the molecule is O=C(O)c1c(O)ccc2oc(=O)sc12. The van der Waals surface area contributed by atoms with Gasteiger partial charge in [0.15, 0.2) is 5.58 Å². The van der Waals surface area contributed by atoms with Crippen LogP contribution in [0.5, 0.6) is 5.75 Å². The Morgan fingerprint density at radius 2 is 2.14 bits per heavy atom. The van der Waals surface area contributed by atoms with Crippen molar-refractivity contribution in [1.82, 2.24) is 0 Å². The number of hydrogen-bond acceptors (Lipinski definition) is 5. The fourth-order valence-electron chi connectivity index (χ4n) is 1.14. The molecule has 0 saturated carbocycles. The summed E-state index contributed by atoms with van der Waals surface area (Å²) in [5, 5.41) is 18.0. The minimum absolute atomic E-state index is 0.155. The Bertz CT molecular complexity index is 565. The normalized spacial score (nSPS) is 10.6. The molecule has 0 fully saturated rings. The Morgan fingerprint density at radius 1 is 1.43 bits per heavy atom. The second-order valence-corrected chi connectivity index (χ2v) is 3.49. The lowest BCUT2D eigenvalue weighted by Gasteiger charge is -1.97. The van der Waals surface area contributed by atoms with Crippen molar-refractivity contribution in [3.63, 3.8) is 0 Å². The quantitative estimate of drug-likeness (QED) is 0.742. The largest absolute Gasteiger partial charge is 0.507 e. The maximum atomic E-state index is 10.9. The molecule has 0 aliphatic carbocycles. The van der Waals surface area contributed by atoms with E-state index < -0.39 is 10.9 Å². The Kier molecular flexibility index (Phi) is 1.78. The van der Waals surface area contributed by atoms with Crippen molar-refractivity contribution < 1.29 is 19.4 Å². The van der Waals surface area contributed by atoms with Crippen LogP contribution >= 0.6 is 11.3 Å². The van der Waals surface area contributed by atoms with Gasteiger partial charge in [-0.3, -0.25) is 0 Å². The van der Waals surface area contributed by atoms with Crippen LogP contribution in [0.2, 0.25) is 0 Å². The second kappa shape index (κ2) is 2.85. The molecular weight excluding hydrogens is 208 g/mol. The topological polar surface area (TPSA) is 87.7 Å². The summed E-state index contributed by atoms with van der Waals surface area (Å²) in [7, 11) is 0. The van der Waals surface area contributed by atoms with Gasteiger partial charge in [0, 0.05) is 0 Å². The lowest BCUT2D eigenvalue weighted by atomic mass is 10.2. The monoisotopic (exact) mass is 212 g/mol. The van der Waals surface area contributed by atoms with Crippen LogP contribution in [0.4, 0.5) is 0 Å². The molecule has 5 nitrogen and oxygen atoms in total. The zero-order chi connectivity index (χ0) is 10.3. The Morgan fingerprint density at radius 3 is 2.79 bits per heavy atom. The fourth-order valence-corrected chi connectivity index (χ4v) is 1.94. The fraction of sp³-hybridized carbons (Fsp3) is 0. The Hall–Kier alpha value is -1.82. The molecule has 0 unspecified atom stereocenters. The van der Waals surface area contributed by atoms with E-state index in [1.165, 1.54) is 12.1 Å². The van der Waals surface area contributed by atoms with Crippen LogP contribution in [0.25, 0.3) is 10.3 Å². The summed E-state index contributed by atoms with van der Waals surface area (Å²) in [6.07, 6.45) is 0. The van der Waals surface area contributed by atoms with E-state index in [0.717, 1.165) is 0 Å². The molecule has 2 aromatic rings. The lowest BCUT2D eigenvalue weighted by molar-refractivity contribution is 0.0696. The standard InChI is InChI=1S/C8H4O5S/c9-3-1-2-4-6(5(3)7(10)11)14-8(12)13-4/h1-2,9H,(H,10,11). The zero-order valence-corrected chi connectivity index (χ0v) is 7.50. The van der Waals surface area contributed by atoms with E-state index in [-0.39, 0.29) is 21.6 Å². The van der Waals surface area contributed by atoms with Crippen LogP contribution < -0.4 is 4.94 Å². The van der Waals surface area contributed by atoms with E-state index in [4.69, 9.17) is 9.52 Å². The maximum absolute atomic E-state index is 10.9. The van der Waals surface area contributed by atoms with Crippen LogP contribution in [0, 0.1) is 0 Å². The van der Waals surface area contributed by atoms with Gasteiger partial charge in [-0.25, -0.2) is 9.59 Å². The molecule has 14 heavy (non-hydrogen) atoms. The van der Waals surface area contributed by atoms with E-state index in [1.807, 2.05) is 0 Å². The summed E-state index contributed by atoms with van der Waals surface area (Å²) < 4.78 is 4.86. The van der Waals surface area contributed by atoms with Crippen molar-refractivity contribution in [2.24, 2.45) is 0 Å². The number of benzene rings is 1. The van der Waals surface area contributed by atoms with Crippen LogP contribution in [-0.4, -0.2) is 16.2 Å². The van der Waals surface area contributed by atoms with Gasteiger partial charge in [-0.15, -0.1) is 0 Å². The van der Waals surface area contributed by atoms with Gasteiger partial charge in [0.25, 0.3) is 0 Å². The molecule has 0 spiro atoms. The number of carboxylic acids is 1. The van der Waals surface area contributed by atoms with Gasteiger partial charge in [0.1, 0.15) is 11.3 Å². The average Bonchev–Trinajstić information content (AvgIpc) is 2.43. The highest BCUT2D eigenvalue weighted by Gasteiger charge is 2.17. The molecule has 0 saturated heterocycles. The number of rotatable bonds is 1. The third kappa shape index (κ3) is 1.16. The first kappa shape index (κ1) is 8.76. The van der Waals surface area contributed by atoms with Gasteiger partial charge in [-0.05, 0) is 12.1 Å². The highest BCUT2D eigenvalue weighted by atomic mass is 32.1. The first-order valence-electron chi connectivity index (χ1n) is 3.58. The first-order valence-corrected chi connectivity index (χ1v) is 4.40. The number of hydrogen-bond donors (Lipinski definition) is 2. The molecule has 6 heteroatoms. The van der Waals surface area contributed by atoms with Gasteiger partial charge in [0.2, 0.25) is 0 Å². The molecule has 1 aromatic heterocycles. The van der Waals surface area contributed by atoms with E-state index in [2.05, 4.69) is 0 Å². The maximum Gasteiger partial charge on any atom is 0.396 e. The minimum Gasteiger partial charge on any atom is -0.507 e. The molecular formula is C8H4O5S. The molecule has 0 bridgehead atoms. The van der Waals surface area contributed by atoms with E-state index in [0.29, 0.717) is 11.3 Å². The van der Waals surface area contributed by atoms with Gasteiger partial charge in [-0.1, -0.05) is 11.3 Å². The van der Waals surface area contributed by atoms with Crippen molar-refractivity contribution in [3.8, 4) is 5.75 Å². The van der Waals surface area contributed by atoms with Crippen molar-refractivity contribution in [2.75, 3.05) is 0 Å². The predicted octanol–water partition coefficient (Wildman–Crippen LogP) is 1.26. The minimum atomic E-state index is -1.29. The molecule has 0 aliphatic rings. The summed E-state index contributed by atoms with van der Waals surface area (Å²) in [5.41, 5.74) is -0.117. The van der Waals surface area contributed by atoms with Crippen LogP contribution in [0.15, 0.2) is 21.3 Å². The second-order valence-electron chi connectivity index (χ2n) is 2.55. The van der Waals surface area contributed by atoms with Crippen LogP contribution in [-0.2, 0) is 0 Å². The summed E-state index contributed by atoms with van der Waals surface area (Å²) in [5.74, 6) is -1.66. The van der Waals surface area contributed by atoms with Gasteiger partial charge in [-0.2, -0.15) is 0 Å². The number of phenols is 1. The molecule has 0 atom stereocenters. The number of carboxylic acid groups (broad SMARTS) is 1. The van der Waals surface area contributed by atoms with Crippen molar-refractivity contribution in [2.45, 2.75) is 0 Å². The van der Waals surface area contributed by atoms with Crippen molar-refractivity contribution in [1.29, 1.82) is 0 Å². The number of fused-ring (bicyclic) bond motifs is 1. The van der Waals surface area contributed by atoms with E-state index in [1.54, 1.807) is 0 Å². The molecule has 72 valence electrons. The van der Waals surface area contributed by atoms with E-state index in [9.17, 15) is 14.7 Å². The Balaban J connectivity index is 2.95. The molecule has 1 aromatic carbocycles. The highest BCUT2D eigenvalue weighted by molar-refractivity contribution is 7.16. The third-order valence-corrected chi connectivity index (χ3v) is 2.55. The predicted molar refractivity (Wildman–Crippen MR) is 49.0 cm³/mol. The third-order valence-electron chi connectivity index (χ3n) is 1.69. The van der Waals surface area contributed by atoms with E-state index >= 15 is 0 Å². The van der Waals surface area contributed by atoms with Crippen molar-refractivity contribution >= 4 is 27.6 Å². The number of aromatic hydroxyl groups is 1. The van der Waals surface area contributed by atoms with Crippen LogP contribution in [0.1, 0.15) is 10.4 Å². The molecule has 0 radical (unpaired) electrons. The molecule has 2 N–H and O–H groups in total. The van der Waals surface area contributed by atoms with Gasteiger partial charge < -0.3 is 14.6 Å². The highest BCUT2D eigenvalue weighted by Crippen LogP contribution is 2.28. The zero-order valence-electron chi connectivity index (χ0n) is 6.68. The molecule has 1 heterocycles. The lowest BCUT2D eigenvalue weighted by Crippen LogP contribution is -1.96. The number of aromatic carboxylic acids is 1. The number of carbonyl (C=O) groups is 1. The summed E-state index contributed by atoms with van der Waals surface area (Å²) in [6.45, 7) is 0.